The lowest BCUT2D eigenvalue weighted by Crippen LogP contribution is -2.39. The fraction of sp³-hybridized carbons (Fsp3) is 0.944. The van der Waals surface area contributed by atoms with Crippen molar-refractivity contribution in [2.75, 3.05) is 66.2 Å². The van der Waals surface area contributed by atoms with Gasteiger partial charge < -0.3 is 25.0 Å². The van der Waals surface area contributed by atoms with Gasteiger partial charge >= 0.3 is 0 Å². The van der Waals surface area contributed by atoms with Gasteiger partial charge in [0.2, 0.25) is 0 Å². The van der Waals surface area contributed by atoms with Crippen molar-refractivity contribution in [1.82, 2.24) is 15.5 Å². The van der Waals surface area contributed by atoms with Crippen LogP contribution in [0, 0.1) is 0 Å². The maximum atomic E-state index is 5.55. The second kappa shape index (κ2) is 21.9. The molecule has 152 valence electrons. The number of likely N-dealkylation sites (N-methyl/N-ethyl adjacent to an activating group) is 1. The van der Waals surface area contributed by atoms with Gasteiger partial charge in [0, 0.05) is 26.2 Å². The molecule has 0 aromatic rings. The van der Waals surface area contributed by atoms with Crippen LogP contribution in [0.4, 0.5) is 0 Å². The van der Waals surface area contributed by atoms with E-state index in [1.54, 1.807) is 0 Å². The number of halogens is 1. The third kappa shape index (κ3) is 20.0. The number of guanidine groups is 1. The standard InChI is InChI=1S/C18H40N4O2.HI/c1-5-8-12-22(4)13-10-20-18(19-7-3)21-11-15-24-17-16-23-14-9-6-2;/h5-17H2,1-4H3,(H2,19,20,21);1H. The Balaban J connectivity index is 0. The molecule has 7 heteroatoms. The quantitative estimate of drug-likeness (QED) is 0.157. The van der Waals surface area contributed by atoms with Gasteiger partial charge in [0.05, 0.1) is 26.4 Å². The van der Waals surface area contributed by atoms with Gasteiger partial charge in [-0.2, -0.15) is 0 Å². The van der Waals surface area contributed by atoms with E-state index in [9.17, 15) is 0 Å². The van der Waals surface area contributed by atoms with E-state index in [1.807, 2.05) is 0 Å². The zero-order chi connectivity index (χ0) is 17.9. The maximum Gasteiger partial charge on any atom is 0.191 e. The van der Waals surface area contributed by atoms with Gasteiger partial charge in [-0.15, -0.1) is 24.0 Å². The molecule has 0 aromatic heterocycles. The summed E-state index contributed by atoms with van der Waals surface area (Å²) in [7, 11) is 2.15. The van der Waals surface area contributed by atoms with Crippen LogP contribution in [0.25, 0.3) is 0 Å². The highest BCUT2D eigenvalue weighted by Gasteiger charge is 1.99. The first-order chi connectivity index (χ1) is 11.7. The predicted octanol–water partition coefficient (Wildman–Crippen LogP) is 2.72. The molecule has 6 nitrogen and oxygen atoms in total. The number of nitrogens with zero attached hydrogens (tertiary/aromatic N) is 2. The van der Waals surface area contributed by atoms with Gasteiger partial charge in [-0.1, -0.05) is 26.7 Å². The summed E-state index contributed by atoms with van der Waals surface area (Å²) in [4.78, 5) is 6.93. The van der Waals surface area contributed by atoms with Gasteiger partial charge in [-0.25, -0.2) is 0 Å². The van der Waals surface area contributed by atoms with E-state index < -0.39 is 0 Å². The maximum absolute atomic E-state index is 5.55. The highest BCUT2D eigenvalue weighted by molar-refractivity contribution is 14.0. The van der Waals surface area contributed by atoms with Crippen molar-refractivity contribution in [1.29, 1.82) is 0 Å². The van der Waals surface area contributed by atoms with Crippen LogP contribution in [-0.4, -0.2) is 77.1 Å². The molecule has 0 radical (unpaired) electrons. The average molecular weight is 472 g/mol. The van der Waals surface area contributed by atoms with Crippen LogP contribution in [0.1, 0.15) is 46.5 Å². The van der Waals surface area contributed by atoms with Crippen molar-refractivity contribution >= 4 is 29.9 Å². The highest BCUT2D eigenvalue weighted by atomic mass is 127. The topological polar surface area (TPSA) is 58.1 Å². The Kier molecular flexibility index (Phi) is 23.8. The van der Waals surface area contributed by atoms with Gasteiger partial charge in [0.15, 0.2) is 5.96 Å². The molecule has 0 amide bonds. The van der Waals surface area contributed by atoms with Crippen LogP contribution in [0.15, 0.2) is 4.99 Å². The summed E-state index contributed by atoms with van der Waals surface area (Å²) >= 11 is 0. The lowest BCUT2D eigenvalue weighted by Gasteiger charge is -2.16. The number of hydrogen-bond acceptors (Lipinski definition) is 4. The smallest absolute Gasteiger partial charge is 0.191 e. The van der Waals surface area contributed by atoms with Crippen molar-refractivity contribution in [3.8, 4) is 0 Å². The largest absolute Gasteiger partial charge is 0.379 e. The molecule has 0 saturated heterocycles. The van der Waals surface area contributed by atoms with Crippen LogP contribution in [0.5, 0.6) is 0 Å². The van der Waals surface area contributed by atoms with E-state index in [-0.39, 0.29) is 24.0 Å². The molecular weight excluding hydrogens is 431 g/mol. The molecule has 0 fully saturated rings. The summed E-state index contributed by atoms with van der Waals surface area (Å²) in [5, 5.41) is 6.57. The first kappa shape index (κ1) is 27.1. The number of rotatable bonds is 16. The molecule has 2 N–H and O–H groups in total. The molecular formula is C18H41IN4O2. The van der Waals surface area contributed by atoms with Crippen LogP contribution in [0.2, 0.25) is 0 Å². The molecule has 0 aliphatic rings. The molecule has 0 atom stereocenters. The molecule has 0 rings (SSSR count). The predicted molar refractivity (Wildman–Crippen MR) is 118 cm³/mol. The fourth-order valence-electron chi connectivity index (χ4n) is 2.02. The van der Waals surface area contributed by atoms with E-state index in [1.165, 1.54) is 19.3 Å². The second-order valence-corrected chi connectivity index (χ2v) is 5.92. The highest BCUT2D eigenvalue weighted by Crippen LogP contribution is 1.91. The van der Waals surface area contributed by atoms with E-state index in [2.05, 4.69) is 48.3 Å². The summed E-state index contributed by atoms with van der Waals surface area (Å²) in [6.07, 6.45) is 4.78. The van der Waals surface area contributed by atoms with E-state index >= 15 is 0 Å². The number of hydrogen-bond donors (Lipinski definition) is 2. The van der Waals surface area contributed by atoms with Crippen LogP contribution < -0.4 is 10.6 Å². The Labute approximate surface area is 172 Å². The van der Waals surface area contributed by atoms with Crippen molar-refractivity contribution in [2.45, 2.75) is 46.5 Å². The summed E-state index contributed by atoms with van der Waals surface area (Å²) in [6.45, 7) is 13.9. The Morgan fingerprint density at radius 3 is 2.20 bits per heavy atom. The molecule has 0 heterocycles. The monoisotopic (exact) mass is 472 g/mol. The number of nitrogens with one attached hydrogen (secondary N) is 2. The minimum absolute atomic E-state index is 0. The van der Waals surface area contributed by atoms with Gasteiger partial charge in [0.1, 0.15) is 0 Å². The van der Waals surface area contributed by atoms with E-state index in [0.29, 0.717) is 19.8 Å². The van der Waals surface area contributed by atoms with Gasteiger partial charge in [-0.05, 0) is 33.4 Å². The van der Waals surface area contributed by atoms with Gasteiger partial charge in [0.25, 0.3) is 0 Å². The summed E-state index contributed by atoms with van der Waals surface area (Å²) in [6, 6.07) is 0. The molecule has 0 bridgehead atoms. The molecule has 0 spiro atoms. The summed E-state index contributed by atoms with van der Waals surface area (Å²) < 4.78 is 11.0. The van der Waals surface area contributed by atoms with Crippen LogP contribution in [0.3, 0.4) is 0 Å². The third-order valence-corrected chi connectivity index (χ3v) is 3.54. The summed E-state index contributed by atoms with van der Waals surface area (Å²) in [5.41, 5.74) is 0. The molecule has 0 aliphatic carbocycles. The zero-order valence-corrected chi connectivity index (χ0v) is 19.1. The zero-order valence-electron chi connectivity index (χ0n) is 16.8. The minimum atomic E-state index is 0. The number of unbranched alkanes of at least 4 members (excludes halogenated alkanes) is 2. The van der Waals surface area contributed by atoms with Crippen LogP contribution >= 0.6 is 24.0 Å². The lowest BCUT2D eigenvalue weighted by molar-refractivity contribution is 0.0487. The first-order valence-corrected chi connectivity index (χ1v) is 9.60. The van der Waals surface area contributed by atoms with Crippen molar-refractivity contribution in [3.63, 3.8) is 0 Å². The summed E-state index contributed by atoms with van der Waals surface area (Å²) in [5.74, 6) is 0.865. The SMILES string of the molecule is CCCCOCCOCCNC(=NCCN(C)CCCC)NCC.I. The molecule has 0 aliphatic heterocycles. The molecule has 25 heavy (non-hydrogen) atoms. The van der Waals surface area contributed by atoms with E-state index in [0.717, 1.165) is 51.7 Å². The van der Waals surface area contributed by atoms with Gasteiger partial charge in [-0.3, -0.25) is 4.99 Å². The Hall–Kier alpha value is -0.120. The minimum Gasteiger partial charge on any atom is -0.379 e. The molecule has 0 unspecified atom stereocenters. The Morgan fingerprint density at radius 2 is 1.56 bits per heavy atom. The number of aliphatic imine (C=N–C) groups is 1. The Bertz CT molecular complexity index is 294. The molecule has 0 saturated carbocycles. The first-order valence-electron chi connectivity index (χ1n) is 9.60. The van der Waals surface area contributed by atoms with Crippen LogP contribution in [-0.2, 0) is 9.47 Å². The van der Waals surface area contributed by atoms with Crippen molar-refractivity contribution in [2.24, 2.45) is 4.99 Å². The Morgan fingerprint density at radius 1 is 0.880 bits per heavy atom. The second-order valence-electron chi connectivity index (χ2n) is 5.92. The normalized spacial score (nSPS) is 11.5. The van der Waals surface area contributed by atoms with Crippen molar-refractivity contribution < 1.29 is 9.47 Å². The average Bonchev–Trinajstić information content (AvgIpc) is 2.58. The third-order valence-electron chi connectivity index (χ3n) is 3.54. The van der Waals surface area contributed by atoms with E-state index in [4.69, 9.17) is 9.47 Å². The molecule has 0 aromatic carbocycles. The number of ether oxygens (including phenoxy) is 2. The fourth-order valence-corrected chi connectivity index (χ4v) is 2.02. The van der Waals surface area contributed by atoms with Crippen molar-refractivity contribution in [3.05, 3.63) is 0 Å². The lowest BCUT2D eigenvalue weighted by atomic mass is 10.3.